The van der Waals surface area contributed by atoms with Gasteiger partial charge in [0.05, 0.1) is 5.69 Å². The zero-order valence-corrected chi connectivity index (χ0v) is 13.8. The van der Waals surface area contributed by atoms with E-state index in [2.05, 4.69) is 16.0 Å². The minimum atomic E-state index is -0.351. The number of carbonyl (C=O) groups is 1. The Balaban J connectivity index is 1.90. The molecule has 6 heteroatoms. The lowest BCUT2D eigenvalue weighted by Gasteiger charge is -2.06. The molecule has 23 heavy (non-hydrogen) atoms. The number of nitriles is 1. The number of Topliss-reactive ketones (excluding diaryl/α,β-unsaturated/α-hetero) is 1. The van der Waals surface area contributed by atoms with Gasteiger partial charge in [-0.3, -0.25) is 4.79 Å². The summed E-state index contributed by atoms with van der Waals surface area (Å²) in [4.78, 5) is 20.5. The molecule has 0 aliphatic carbocycles. The van der Waals surface area contributed by atoms with Gasteiger partial charge >= 0.3 is 0 Å². The molecule has 0 N–H and O–H groups in total. The first-order valence-corrected chi connectivity index (χ1v) is 8.16. The lowest BCUT2D eigenvalue weighted by molar-refractivity contribution is 0.0982. The minimum Gasteiger partial charge on any atom is -0.294 e. The topological polar surface area (TPSA) is 66.6 Å². The van der Waals surface area contributed by atoms with Crippen molar-refractivity contribution in [2.75, 3.05) is 5.75 Å². The standard InChI is InChI=1S/C17H16FN3OS/c1-11-15(10-19)17(21-12(2)20-11)23-9-3-4-16(22)13-5-7-14(18)8-6-13/h5-8H,3-4,9H2,1-2H3. The van der Waals surface area contributed by atoms with Crippen molar-refractivity contribution in [2.45, 2.75) is 31.7 Å². The first kappa shape index (κ1) is 17.1. The van der Waals surface area contributed by atoms with Crippen LogP contribution in [0.2, 0.25) is 0 Å². The maximum atomic E-state index is 12.8. The highest BCUT2D eigenvalue weighted by molar-refractivity contribution is 7.99. The van der Waals surface area contributed by atoms with Crippen LogP contribution >= 0.6 is 11.8 Å². The zero-order chi connectivity index (χ0) is 16.8. The molecular weight excluding hydrogens is 313 g/mol. The Morgan fingerprint density at radius 2 is 1.96 bits per heavy atom. The summed E-state index contributed by atoms with van der Waals surface area (Å²) in [7, 11) is 0. The van der Waals surface area contributed by atoms with Gasteiger partial charge in [0.25, 0.3) is 0 Å². The van der Waals surface area contributed by atoms with Gasteiger partial charge in [0, 0.05) is 12.0 Å². The van der Waals surface area contributed by atoms with E-state index in [1.807, 2.05) is 0 Å². The number of rotatable bonds is 6. The quantitative estimate of drug-likeness (QED) is 0.348. The molecule has 0 fully saturated rings. The molecule has 0 amide bonds. The van der Waals surface area contributed by atoms with Crippen LogP contribution in [0.4, 0.5) is 4.39 Å². The highest BCUT2D eigenvalue weighted by Crippen LogP contribution is 2.23. The third kappa shape index (κ3) is 4.60. The fourth-order valence-corrected chi connectivity index (χ4v) is 3.11. The largest absolute Gasteiger partial charge is 0.294 e. The second-order valence-corrected chi connectivity index (χ2v) is 6.11. The Kier molecular flexibility index (Phi) is 5.83. The number of carbonyl (C=O) groups excluding carboxylic acids is 1. The predicted molar refractivity (Wildman–Crippen MR) is 86.9 cm³/mol. The van der Waals surface area contributed by atoms with Gasteiger partial charge in [-0.15, -0.1) is 11.8 Å². The van der Waals surface area contributed by atoms with E-state index >= 15 is 0 Å². The maximum Gasteiger partial charge on any atom is 0.162 e. The molecule has 0 unspecified atom stereocenters. The summed E-state index contributed by atoms with van der Waals surface area (Å²) < 4.78 is 12.8. The number of aryl methyl sites for hydroxylation is 2. The average molecular weight is 329 g/mol. The van der Waals surface area contributed by atoms with Crippen molar-refractivity contribution in [3.8, 4) is 6.07 Å². The lowest BCUT2D eigenvalue weighted by Crippen LogP contribution is -2.01. The van der Waals surface area contributed by atoms with E-state index in [4.69, 9.17) is 0 Å². The van der Waals surface area contributed by atoms with Crippen LogP contribution in [0.25, 0.3) is 0 Å². The molecule has 2 rings (SSSR count). The molecule has 0 spiro atoms. The fraction of sp³-hybridized carbons (Fsp3) is 0.294. The van der Waals surface area contributed by atoms with E-state index < -0.39 is 0 Å². The Bertz CT molecular complexity index is 754. The fourth-order valence-electron chi connectivity index (χ4n) is 2.10. The molecule has 2 aromatic rings. The van der Waals surface area contributed by atoms with Gasteiger partial charge in [0.1, 0.15) is 28.3 Å². The first-order valence-electron chi connectivity index (χ1n) is 7.18. The third-order valence-electron chi connectivity index (χ3n) is 3.23. The van der Waals surface area contributed by atoms with Gasteiger partial charge in [-0.2, -0.15) is 5.26 Å². The van der Waals surface area contributed by atoms with Crippen LogP contribution in [-0.2, 0) is 0 Å². The van der Waals surface area contributed by atoms with Gasteiger partial charge in [0.15, 0.2) is 5.78 Å². The third-order valence-corrected chi connectivity index (χ3v) is 4.30. The smallest absolute Gasteiger partial charge is 0.162 e. The Morgan fingerprint density at radius 3 is 2.61 bits per heavy atom. The number of halogens is 1. The number of hydrogen-bond donors (Lipinski definition) is 0. The van der Waals surface area contributed by atoms with E-state index in [0.29, 0.717) is 46.3 Å². The normalized spacial score (nSPS) is 10.3. The van der Waals surface area contributed by atoms with Crippen LogP contribution in [0.3, 0.4) is 0 Å². The molecule has 0 atom stereocenters. The summed E-state index contributed by atoms with van der Waals surface area (Å²) >= 11 is 1.45. The van der Waals surface area contributed by atoms with Gasteiger partial charge in [-0.1, -0.05) is 0 Å². The molecule has 1 aromatic carbocycles. The molecule has 1 aromatic heterocycles. The lowest BCUT2D eigenvalue weighted by atomic mass is 10.1. The number of thioether (sulfide) groups is 1. The highest BCUT2D eigenvalue weighted by Gasteiger charge is 2.11. The van der Waals surface area contributed by atoms with Crippen LogP contribution in [0.5, 0.6) is 0 Å². The zero-order valence-electron chi connectivity index (χ0n) is 13.0. The van der Waals surface area contributed by atoms with Crippen molar-refractivity contribution < 1.29 is 9.18 Å². The summed E-state index contributed by atoms with van der Waals surface area (Å²) in [5.41, 5.74) is 1.68. The van der Waals surface area contributed by atoms with E-state index in [1.54, 1.807) is 13.8 Å². The van der Waals surface area contributed by atoms with Crippen LogP contribution in [0.15, 0.2) is 29.3 Å². The second kappa shape index (κ2) is 7.84. The molecule has 1 heterocycles. The minimum absolute atomic E-state index is 0.0128. The van der Waals surface area contributed by atoms with Gasteiger partial charge in [-0.05, 0) is 50.3 Å². The van der Waals surface area contributed by atoms with Crippen LogP contribution in [-0.4, -0.2) is 21.5 Å². The second-order valence-electron chi connectivity index (χ2n) is 5.03. The summed E-state index contributed by atoms with van der Waals surface area (Å²) in [6, 6.07) is 7.69. The molecule has 0 saturated heterocycles. The molecular formula is C17H16FN3OS. The van der Waals surface area contributed by atoms with Crippen molar-refractivity contribution in [3.05, 3.63) is 52.7 Å². The van der Waals surface area contributed by atoms with E-state index in [1.165, 1.54) is 36.0 Å². The van der Waals surface area contributed by atoms with Crippen LogP contribution < -0.4 is 0 Å². The Hall–Kier alpha value is -2.26. The van der Waals surface area contributed by atoms with Gasteiger partial charge in [0.2, 0.25) is 0 Å². The molecule has 0 aliphatic heterocycles. The van der Waals surface area contributed by atoms with Crippen LogP contribution in [0, 0.1) is 31.0 Å². The van der Waals surface area contributed by atoms with Crippen molar-refractivity contribution in [2.24, 2.45) is 0 Å². The summed E-state index contributed by atoms with van der Waals surface area (Å²) in [6.45, 7) is 3.58. The van der Waals surface area contributed by atoms with Crippen molar-refractivity contribution in [3.63, 3.8) is 0 Å². The maximum absolute atomic E-state index is 12.8. The first-order chi connectivity index (χ1) is 11.0. The number of nitrogens with zero attached hydrogens (tertiary/aromatic N) is 3. The summed E-state index contributed by atoms with van der Waals surface area (Å²) in [5.74, 6) is 0.945. The van der Waals surface area contributed by atoms with Gasteiger partial charge in [-0.25, -0.2) is 14.4 Å². The number of benzene rings is 1. The van der Waals surface area contributed by atoms with Crippen molar-refractivity contribution in [1.82, 2.24) is 9.97 Å². The number of ketones is 1. The molecule has 118 valence electrons. The average Bonchev–Trinajstić information content (AvgIpc) is 2.51. The van der Waals surface area contributed by atoms with Gasteiger partial charge < -0.3 is 0 Å². The summed E-state index contributed by atoms with van der Waals surface area (Å²) in [5, 5.41) is 9.84. The number of aromatic nitrogens is 2. The monoisotopic (exact) mass is 329 g/mol. The van der Waals surface area contributed by atoms with Crippen molar-refractivity contribution >= 4 is 17.5 Å². The Morgan fingerprint density at radius 1 is 1.26 bits per heavy atom. The SMILES string of the molecule is Cc1nc(C)c(C#N)c(SCCCC(=O)c2ccc(F)cc2)n1. The van der Waals surface area contributed by atoms with E-state index in [0.717, 1.165) is 0 Å². The van der Waals surface area contributed by atoms with Crippen molar-refractivity contribution in [1.29, 1.82) is 5.26 Å². The Labute approximate surface area is 138 Å². The summed E-state index contributed by atoms with van der Waals surface area (Å²) in [6.07, 6.45) is 1.04. The predicted octanol–water partition coefficient (Wildman–Crippen LogP) is 3.86. The molecule has 4 nitrogen and oxygen atoms in total. The van der Waals surface area contributed by atoms with E-state index in [-0.39, 0.29) is 11.6 Å². The molecule has 0 aliphatic rings. The highest BCUT2D eigenvalue weighted by atomic mass is 32.2. The molecule has 0 bridgehead atoms. The van der Waals surface area contributed by atoms with E-state index in [9.17, 15) is 14.4 Å². The molecule has 0 radical (unpaired) electrons. The van der Waals surface area contributed by atoms with Crippen LogP contribution in [0.1, 0.15) is 40.3 Å². The molecule has 0 saturated carbocycles. The number of hydrogen-bond acceptors (Lipinski definition) is 5.